The first-order chi connectivity index (χ1) is 18.9. The Morgan fingerprint density at radius 2 is 1.77 bits per heavy atom. The molecule has 40 heavy (non-hydrogen) atoms. The number of hydrogen-bond acceptors (Lipinski definition) is 11. The smallest absolute Gasteiger partial charge is 0.261 e. The van der Waals surface area contributed by atoms with Gasteiger partial charge in [-0.1, -0.05) is 0 Å². The van der Waals surface area contributed by atoms with E-state index < -0.39 is 26.0 Å². The number of benzene rings is 1. The number of rotatable bonds is 9. The van der Waals surface area contributed by atoms with Crippen LogP contribution in [0.1, 0.15) is 21.7 Å². The highest BCUT2D eigenvalue weighted by Crippen LogP contribution is 2.23. The maximum absolute atomic E-state index is 13.2. The van der Waals surface area contributed by atoms with E-state index in [2.05, 4.69) is 25.1 Å². The maximum atomic E-state index is 13.2. The fourth-order valence-corrected chi connectivity index (χ4v) is 5.95. The van der Waals surface area contributed by atoms with Gasteiger partial charge in [0, 0.05) is 50.3 Å². The largest absolute Gasteiger partial charge is 0.338 e. The van der Waals surface area contributed by atoms with Crippen LogP contribution < -0.4 is 20.7 Å². The number of anilines is 3. The normalized spacial score (nSPS) is 14.5. The first kappa shape index (κ1) is 28.9. The predicted octanol–water partition coefficient (Wildman–Crippen LogP) is -0.0534. The monoisotopic (exact) mass is 588 g/mol. The summed E-state index contributed by atoms with van der Waals surface area (Å²) in [6.07, 6.45) is 2.31. The molecule has 1 fully saturated rings. The molecular weight excluding hydrogens is 560 g/mol. The molecule has 0 spiro atoms. The summed E-state index contributed by atoms with van der Waals surface area (Å²) in [4.78, 5) is 23.3. The van der Waals surface area contributed by atoms with Crippen LogP contribution in [0.5, 0.6) is 0 Å². The van der Waals surface area contributed by atoms with Gasteiger partial charge in [0.25, 0.3) is 5.91 Å². The van der Waals surface area contributed by atoms with Gasteiger partial charge in [0.2, 0.25) is 26.0 Å². The molecule has 0 bridgehead atoms. The zero-order valence-corrected chi connectivity index (χ0v) is 23.4. The van der Waals surface area contributed by atoms with Crippen LogP contribution in [0.4, 0.5) is 17.5 Å². The Labute approximate surface area is 231 Å². The van der Waals surface area contributed by atoms with Crippen LogP contribution in [0, 0.1) is 18.3 Å². The number of sulfonamides is 2. The van der Waals surface area contributed by atoms with Crippen LogP contribution in [0.3, 0.4) is 0 Å². The molecule has 4 N–H and O–H groups in total. The number of nitriles is 1. The first-order valence-corrected chi connectivity index (χ1v) is 15.4. The van der Waals surface area contributed by atoms with Gasteiger partial charge >= 0.3 is 0 Å². The third-order valence-corrected chi connectivity index (χ3v) is 8.35. The van der Waals surface area contributed by atoms with Gasteiger partial charge in [-0.3, -0.25) is 14.2 Å². The van der Waals surface area contributed by atoms with Gasteiger partial charge in [-0.05, 0) is 37.3 Å². The van der Waals surface area contributed by atoms with Crippen LogP contribution in [0.25, 0.3) is 0 Å². The van der Waals surface area contributed by atoms with Gasteiger partial charge in [0.15, 0.2) is 5.82 Å². The van der Waals surface area contributed by atoms with Gasteiger partial charge in [0.05, 0.1) is 17.7 Å². The van der Waals surface area contributed by atoms with Crippen molar-refractivity contribution in [3.8, 4) is 6.07 Å². The zero-order valence-electron chi connectivity index (χ0n) is 21.8. The summed E-state index contributed by atoms with van der Waals surface area (Å²) in [7, 11) is -7.51. The van der Waals surface area contributed by atoms with Crippen molar-refractivity contribution in [1.29, 1.82) is 5.26 Å². The van der Waals surface area contributed by atoms with Crippen molar-refractivity contribution in [3.05, 3.63) is 53.5 Å². The third kappa shape index (κ3) is 6.71. The van der Waals surface area contributed by atoms with Crippen molar-refractivity contribution in [2.75, 3.05) is 53.9 Å². The van der Waals surface area contributed by atoms with E-state index in [-0.39, 0.29) is 48.1 Å². The quantitative estimate of drug-likeness (QED) is 0.302. The van der Waals surface area contributed by atoms with Gasteiger partial charge in [-0.15, -0.1) is 0 Å². The van der Waals surface area contributed by atoms with Gasteiger partial charge < -0.3 is 16.0 Å². The van der Waals surface area contributed by atoms with Crippen molar-refractivity contribution < 1.29 is 21.6 Å². The molecule has 1 saturated heterocycles. The van der Waals surface area contributed by atoms with Crippen molar-refractivity contribution in [2.45, 2.75) is 18.4 Å². The van der Waals surface area contributed by atoms with Crippen LogP contribution in [0.15, 0.2) is 41.4 Å². The maximum Gasteiger partial charge on any atom is 0.261 e. The van der Waals surface area contributed by atoms with E-state index >= 15 is 0 Å². The van der Waals surface area contributed by atoms with E-state index in [1.807, 2.05) is 11.0 Å². The number of piperazine rings is 1. The molecule has 0 atom stereocenters. The Bertz CT molecular complexity index is 1660. The summed E-state index contributed by atoms with van der Waals surface area (Å²) in [6, 6.07) is 9.23. The molecule has 1 aliphatic rings. The number of nitrogens with one attached hydrogen (secondary N) is 2. The average Bonchev–Trinajstić information content (AvgIpc) is 3.29. The summed E-state index contributed by atoms with van der Waals surface area (Å²) in [5, 5.41) is 15.8. The summed E-state index contributed by atoms with van der Waals surface area (Å²) in [5.41, 5.74) is 6.71. The van der Waals surface area contributed by atoms with Gasteiger partial charge in [-0.2, -0.15) is 14.7 Å². The molecule has 0 saturated carbocycles. The predicted molar refractivity (Wildman–Crippen MR) is 147 cm³/mol. The molecule has 1 aliphatic heterocycles. The molecule has 1 amide bonds. The molecule has 212 valence electrons. The van der Waals surface area contributed by atoms with Crippen LogP contribution >= 0.6 is 0 Å². The second-order valence-corrected chi connectivity index (χ2v) is 12.7. The van der Waals surface area contributed by atoms with E-state index in [1.165, 1.54) is 39.4 Å². The van der Waals surface area contributed by atoms with E-state index in [4.69, 9.17) is 11.0 Å². The van der Waals surface area contributed by atoms with E-state index in [9.17, 15) is 21.6 Å². The number of hydrogen-bond donors (Lipinski definition) is 3. The average molecular weight is 589 g/mol. The molecule has 1 aromatic carbocycles. The van der Waals surface area contributed by atoms with E-state index in [1.54, 1.807) is 13.0 Å². The minimum Gasteiger partial charge on any atom is -0.338 e. The fraction of sp³-hybridized carbons (Fsp3) is 0.348. The number of nitrogens with zero attached hydrogens (tertiary/aromatic N) is 7. The van der Waals surface area contributed by atoms with Gasteiger partial charge in [0.1, 0.15) is 17.3 Å². The lowest BCUT2D eigenvalue weighted by Crippen LogP contribution is -2.49. The number of nitrogens with two attached hydrogens (primary N) is 1. The fourth-order valence-electron chi connectivity index (χ4n) is 4.02. The number of aromatic nitrogens is 4. The standard InChI is InChI=1S/C23H28N10O5S2/c1-16-13-18(14-25)28-23(26-16)31-9-11-33(12-10-31)40(37,38)19-5-3-17(4-6-19)27-22(34)20-15-32(8-7-24)29-21(20)30-39(2,35)36/h3-6,13,15H,7-12,24H2,1-2H3,(H,27,34)(H,29,30). The molecule has 0 radical (unpaired) electrons. The van der Waals surface area contributed by atoms with Crippen LogP contribution in [-0.2, 0) is 26.6 Å². The van der Waals surface area contributed by atoms with Crippen molar-refractivity contribution in [3.63, 3.8) is 0 Å². The highest BCUT2D eigenvalue weighted by molar-refractivity contribution is 7.92. The summed E-state index contributed by atoms with van der Waals surface area (Å²) < 4.78 is 54.8. The lowest BCUT2D eigenvalue weighted by atomic mass is 10.2. The minimum absolute atomic E-state index is 0.0204. The molecule has 4 rings (SSSR count). The molecular formula is C23H28N10O5S2. The second kappa shape index (κ2) is 11.6. The summed E-state index contributed by atoms with van der Waals surface area (Å²) in [6.45, 7) is 3.36. The summed E-state index contributed by atoms with van der Waals surface area (Å²) >= 11 is 0. The highest BCUT2D eigenvalue weighted by Gasteiger charge is 2.29. The summed E-state index contributed by atoms with van der Waals surface area (Å²) in [5.74, 6) is -0.400. The molecule has 17 heteroatoms. The molecule has 0 unspecified atom stereocenters. The van der Waals surface area contributed by atoms with Crippen LogP contribution in [0.2, 0.25) is 0 Å². The second-order valence-electron chi connectivity index (χ2n) is 8.99. The van der Waals surface area contributed by atoms with E-state index in [0.29, 0.717) is 30.4 Å². The van der Waals surface area contributed by atoms with Crippen molar-refractivity contribution >= 4 is 43.4 Å². The lowest BCUT2D eigenvalue weighted by molar-refractivity contribution is 0.102. The topological polar surface area (TPSA) is 209 Å². The lowest BCUT2D eigenvalue weighted by Gasteiger charge is -2.34. The van der Waals surface area contributed by atoms with E-state index in [0.717, 1.165) is 6.26 Å². The number of aryl methyl sites for hydroxylation is 1. The molecule has 3 heterocycles. The highest BCUT2D eigenvalue weighted by atomic mass is 32.2. The van der Waals surface area contributed by atoms with Crippen molar-refractivity contribution in [1.82, 2.24) is 24.1 Å². The number of carbonyl (C=O) groups excluding carboxylic acids is 1. The molecule has 2 aromatic heterocycles. The first-order valence-electron chi connectivity index (χ1n) is 12.1. The molecule has 15 nitrogen and oxygen atoms in total. The molecule has 3 aromatic rings. The minimum atomic E-state index is -3.82. The Kier molecular flexibility index (Phi) is 8.34. The zero-order chi connectivity index (χ0) is 29.1. The SMILES string of the molecule is Cc1cc(C#N)nc(N2CCN(S(=O)(=O)c3ccc(NC(=O)c4cn(CCN)nc4NS(C)(=O)=O)cc3)CC2)n1. The third-order valence-electron chi connectivity index (χ3n) is 5.87. The Hall–Kier alpha value is -4.11. The Morgan fingerprint density at radius 1 is 1.10 bits per heavy atom. The van der Waals surface area contributed by atoms with Gasteiger partial charge in [-0.25, -0.2) is 26.8 Å². The number of carbonyl (C=O) groups is 1. The Morgan fingerprint density at radius 3 is 2.38 bits per heavy atom. The molecule has 0 aliphatic carbocycles. The van der Waals surface area contributed by atoms with Crippen LogP contribution in [-0.4, -0.2) is 85.8 Å². The van der Waals surface area contributed by atoms with Crippen molar-refractivity contribution in [2.24, 2.45) is 5.73 Å². The Balaban J connectivity index is 1.43. The number of amides is 1.